The Balaban J connectivity index is 1.53. The Morgan fingerprint density at radius 1 is 1.23 bits per heavy atom. The van der Waals surface area contributed by atoms with E-state index in [1.54, 1.807) is 12.1 Å². The number of carbonyl (C=O) groups excluding carboxylic acids is 2. The summed E-state index contributed by atoms with van der Waals surface area (Å²) in [6.45, 7) is 1.84. The molecule has 0 spiro atoms. The van der Waals surface area contributed by atoms with E-state index in [1.807, 2.05) is 6.92 Å². The fraction of sp³-hybridized carbons (Fsp3) is 0.333. The summed E-state index contributed by atoms with van der Waals surface area (Å²) in [7, 11) is 1.53. The molecular weight excluding hydrogens is 438 g/mol. The number of hydrogen-bond donors (Lipinski definition) is 1. The number of pyridine rings is 2. The number of ether oxygens (including phenoxy) is 1. The van der Waals surface area contributed by atoms with Crippen LogP contribution in [0.4, 0.5) is 5.13 Å². The number of hydrogen-bond acceptors (Lipinski definition) is 8. The predicted molar refractivity (Wildman–Crippen MR) is 118 cm³/mol. The lowest BCUT2D eigenvalue weighted by Crippen LogP contribution is -2.23. The van der Waals surface area contributed by atoms with Gasteiger partial charge in [0, 0.05) is 42.3 Å². The Labute approximate surface area is 188 Å². The average molecular weight is 458 g/mol. The minimum absolute atomic E-state index is 0.290. The Morgan fingerprint density at radius 3 is 2.77 bits per heavy atom. The van der Waals surface area contributed by atoms with Gasteiger partial charge in [-0.2, -0.15) is 0 Å². The van der Waals surface area contributed by atoms with Crippen molar-refractivity contribution in [1.82, 2.24) is 20.2 Å². The van der Waals surface area contributed by atoms with Gasteiger partial charge in [0.15, 0.2) is 0 Å². The molecule has 1 N–H and O–H groups in total. The molecule has 0 aromatic carbocycles. The van der Waals surface area contributed by atoms with Gasteiger partial charge in [-0.05, 0) is 31.4 Å². The highest BCUT2D eigenvalue weighted by Crippen LogP contribution is 2.34. The second-order valence-electron chi connectivity index (χ2n) is 7.39. The van der Waals surface area contributed by atoms with Crippen LogP contribution in [-0.4, -0.2) is 39.0 Å². The van der Waals surface area contributed by atoms with E-state index in [0.29, 0.717) is 57.3 Å². The normalized spacial score (nSPS) is 13.7. The zero-order valence-electron chi connectivity index (χ0n) is 17.0. The quantitative estimate of drug-likeness (QED) is 0.531. The molecule has 31 heavy (non-hydrogen) atoms. The summed E-state index contributed by atoms with van der Waals surface area (Å²) in [4.78, 5) is 32.4. The van der Waals surface area contributed by atoms with Crippen LogP contribution in [0.3, 0.4) is 0 Å². The molecule has 3 aromatic heterocycles. The van der Waals surface area contributed by atoms with Crippen LogP contribution in [0.5, 0.6) is 5.75 Å². The molecule has 0 atom stereocenters. The van der Waals surface area contributed by atoms with Crippen LogP contribution in [0.25, 0.3) is 11.1 Å². The van der Waals surface area contributed by atoms with Gasteiger partial charge in [-0.3, -0.25) is 19.9 Å². The number of halogens is 1. The van der Waals surface area contributed by atoms with Gasteiger partial charge >= 0.3 is 0 Å². The first-order valence-corrected chi connectivity index (χ1v) is 10.9. The number of nitrogens with zero attached hydrogens (tertiary/aromatic N) is 4. The number of nitrogens with one attached hydrogen (secondary N) is 1. The summed E-state index contributed by atoms with van der Waals surface area (Å²) in [5, 5.41) is 12.6. The smallest absolute Gasteiger partial charge is 0.259 e. The summed E-state index contributed by atoms with van der Waals surface area (Å²) in [6, 6.07) is 3.45. The van der Waals surface area contributed by atoms with E-state index in [2.05, 4.69) is 25.5 Å². The molecule has 8 nitrogen and oxygen atoms in total. The van der Waals surface area contributed by atoms with Crippen LogP contribution in [0.2, 0.25) is 5.15 Å². The van der Waals surface area contributed by atoms with E-state index in [0.717, 1.165) is 23.5 Å². The summed E-state index contributed by atoms with van der Waals surface area (Å²) >= 11 is 7.42. The number of carbonyl (C=O) groups is 2. The second kappa shape index (κ2) is 9.07. The molecule has 4 rings (SSSR count). The lowest BCUT2D eigenvalue weighted by atomic mass is 9.81. The monoisotopic (exact) mass is 457 g/mol. The number of aromatic nitrogens is 4. The standard InChI is InChI=1S/C21H20ClN5O3S/c1-11-5-14(15-8-18(22)24-10-17(15)30-2)16(9-23-11)20(29)25-21-27-26-19(31-21)4-3-12-6-13(28)7-12/h5,8-10,12H,3-4,6-7H2,1-2H3,(H,25,27,29). The molecule has 0 bridgehead atoms. The third-order valence-corrected chi connectivity index (χ3v) is 6.22. The summed E-state index contributed by atoms with van der Waals surface area (Å²) in [5.41, 5.74) is 2.38. The van der Waals surface area contributed by atoms with Gasteiger partial charge in [-0.1, -0.05) is 22.9 Å². The van der Waals surface area contributed by atoms with Crippen LogP contribution >= 0.6 is 22.9 Å². The molecule has 0 radical (unpaired) electrons. The highest BCUT2D eigenvalue weighted by molar-refractivity contribution is 7.15. The van der Waals surface area contributed by atoms with E-state index >= 15 is 0 Å². The van der Waals surface area contributed by atoms with E-state index < -0.39 is 0 Å². The largest absolute Gasteiger partial charge is 0.494 e. The SMILES string of the molecule is COc1cnc(Cl)cc1-c1cc(C)ncc1C(=O)Nc1nnc(CCC2CC(=O)C2)s1. The summed E-state index contributed by atoms with van der Waals surface area (Å²) in [5.74, 6) is 0.907. The molecule has 1 aliphatic rings. The van der Waals surface area contributed by atoms with E-state index in [-0.39, 0.29) is 5.91 Å². The highest BCUT2D eigenvalue weighted by atomic mass is 35.5. The Bertz CT molecular complexity index is 1140. The molecule has 3 heterocycles. The third kappa shape index (κ3) is 4.88. The van der Waals surface area contributed by atoms with E-state index in [9.17, 15) is 9.59 Å². The van der Waals surface area contributed by atoms with Crippen molar-refractivity contribution in [3.63, 3.8) is 0 Å². The lowest BCUT2D eigenvalue weighted by molar-refractivity contribution is -0.126. The van der Waals surface area contributed by atoms with Crippen molar-refractivity contribution in [2.45, 2.75) is 32.6 Å². The Kier molecular flexibility index (Phi) is 6.24. The first-order valence-electron chi connectivity index (χ1n) is 9.75. The number of methoxy groups -OCH3 is 1. The fourth-order valence-corrected chi connectivity index (χ4v) is 4.35. The maximum atomic E-state index is 13.0. The number of anilines is 1. The molecule has 3 aromatic rings. The number of aryl methyl sites for hydroxylation is 2. The van der Waals surface area contributed by atoms with Crippen molar-refractivity contribution >= 4 is 39.8 Å². The predicted octanol–water partition coefficient (Wildman–Crippen LogP) is 4.13. The van der Waals surface area contributed by atoms with Crippen LogP contribution in [-0.2, 0) is 11.2 Å². The zero-order chi connectivity index (χ0) is 22.0. The topological polar surface area (TPSA) is 107 Å². The minimum Gasteiger partial charge on any atom is -0.494 e. The van der Waals surface area contributed by atoms with Crippen LogP contribution < -0.4 is 10.1 Å². The second-order valence-corrected chi connectivity index (χ2v) is 8.83. The molecule has 1 saturated carbocycles. The van der Waals surface area contributed by atoms with Crippen molar-refractivity contribution in [3.05, 3.63) is 45.9 Å². The first kappa shape index (κ1) is 21.3. The molecule has 160 valence electrons. The van der Waals surface area contributed by atoms with Gasteiger partial charge < -0.3 is 4.74 Å². The fourth-order valence-electron chi connectivity index (χ4n) is 3.44. The number of Topliss-reactive ketones (excluding diaryl/α,β-unsaturated/α-hetero) is 1. The van der Waals surface area contributed by atoms with Gasteiger partial charge in [-0.25, -0.2) is 4.98 Å². The van der Waals surface area contributed by atoms with Crippen molar-refractivity contribution < 1.29 is 14.3 Å². The van der Waals surface area contributed by atoms with Gasteiger partial charge in [0.25, 0.3) is 5.91 Å². The minimum atomic E-state index is -0.357. The lowest BCUT2D eigenvalue weighted by Gasteiger charge is -2.22. The van der Waals surface area contributed by atoms with Crippen LogP contribution in [0, 0.1) is 12.8 Å². The molecule has 0 unspecified atom stereocenters. The maximum Gasteiger partial charge on any atom is 0.259 e. The molecule has 10 heteroatoms. The van der Waals surface area contributed by atoms with E-state index in [1.165, 1.54) is 30.8 Å². The van der Waals surface area contributed by atoms with Crippen LogP contribution in [0.1, 0.15) is 40.3 Å². The van der Waals surface area contributed by atoms with E-state index in [4.69, 9.17) is 16.3 Å². The first-order chi connectivity index (χ1) is 14.9. The number of amides is 1. The van der Waals surface area contributed by atoms with Crippen LogP contribution in [0.15, 0.2) is 24.5 Å². The molecule has 1 aliphatic carbocycles. The highest BCUT2D eigenvalue weighted by Gasteiger charge is 2.26. The van der Waals surface area contributed by atoms with Crippen molar-refractivity contribution in [2.24, 2.45) is 5.92 Å². The van der Waals surface area contributed by atoms with Crippen molar-refractivity contribution in [1.29, 1.82) is 0 Å². The molecule has 1 amide bonds. The summed E-state index contributed by atoms with van der Waals surface area (Å²) in [6.07, 6.45) is 6.01. The Morgan fingerprint density at radius 2 is 2.03 bits per heavy atom. The molecule has 0 saturated heterocycles. The van der Waals surface area contributed by atoms with Gasteiger partial charge in [0.1, 0.15) is 21.7 Å². The molecule has 1 fully saturated rings. The Hall–Kier alpha value is -2.91. The van der Waals surface area contributed by atoms with Gasteiger partial charge in [0.2, 0.25) is 5.13 Å². The molecular formula is C21H20ClN5O3S. The van der Waals surface area contributed by atoms with Crippen molar-refractivity contribution in [2.75, 3.05) is 12.4 Å². The average Bonchev–Trinajstić information content (AvgIpc) is 3.17. The number of rotatable bonds is 7. The maximum absolute atomic E-state index is 13.0. The van der Waals surface area contributed by atoms with Gasteiger partial charge in [0.05, 0.1) is 18.9 Å². The zero-order valence-corrected chi connectivity index (χ0v) is 18.6. The summed E-state index contributed by atoms with van der Waals surface area (Å²) < 4.78 is 5.40. The van der Waals surface area contributed by atoms with Gasteiger partial charge in [-0.15, -0.1) is 10.2 Å². The third-order valence-electron chi connectivity index (χ3n) is 5.12. The van der Waals surface area contributed by atoms with Crippen molar-refractivity contribution in [3.8, 4) is 16.9 Å². The number of ketones is 1. The molecule has 0 aliphatic heterocycles.